The third-order valence-corrected chi connectivity index (χ3v) is 5.15. The minimum atomic E-state index is -0.290. The van der Waals surface area contributed by atoms with E-state index in [2.05, 4.69) is 25.7 Å². The van der Waals surface area contributed by atoms with Crippen LogP contribution in [0.25, 0.3) is 5.57 Å². The molecule has 6 heteroatoms. The lowest BCUT2D eigenvalue weighted by Gasteiger charge is -2.31. The van der Waals surface area contributed by atoms with Crippen molar-refractivity contribution in [2.75, 3.05) is 13.7 Å². The molecule has 3 rings (SSSR count). The van der Waals surface area contributed by atoms with Crippen molar-refractivity contribution in [3.8, 4) is 5.75 Å². The van der Waals surface area contributed by atoms with Crippen LogP contribution >= 0.6 is 0 Å². The maximum absolute atomic E-state index is 13.0. The Kier molecular flexibility index (Phi) is 10.5. The van der Waals surface area contributed by atoms with Gasteiger partial charge in [0.1, 0.15) is 29.8 Å². The Morgan fingerprint density at radius 3 is 2.52 bits per heavy atom. The van der Waals surface area contributed by atoms with Gasteiger partial charge in [-0.1, -0.05) is 39.7 Å². The summed E-state index contributed by atoms with van der Waals surface area (Å²) in [6.45, 7) is 12.8. The van der Waals surface area contributed by atoms with Crippen LogP contribution < -0.4 is 10.1 Å². The van der Waals surface area contributed by atoms with Crippen LogP contribution in [0.15, 0.2) is 82.2 Å². The lowest BCUT2D eigenvalue weighted by molar-refractivity contribution is 0.194. The molecule has 0 amide bonds. The second kappa shape index (κ2) is 13.3. The van der Waals surface area contributed by atoms with Crippen LogP contribution in [0.3, 0.4) is 0 Å². The molecule has 0 aliphatic carbocycles. The second-order valence-electron chi connectivity index (χ2n) is 7.96. The highest BCUT2D eigenvalue weighted by molar-refractivity contribution is 5.95. The van der Waals surface area contributed by atoms with Crippen LogP contribution in [-0.4, -0.2) is 30.6 Å². The fourth-order valence-electron chi connectivity index (χ4n) is 3.13. The summed E-state index contributed by atoms with van der Waals surface area (Å²) in [6.07, 6.45) is 9.37. The highest BCUT2D eigenvalue weighted by Gasteiger charge is 2.20. The summed E-state index contributed by atoms with van der Waals surface area (Å²) in [5, 5.41) is 3.23. The molecule has 2 heterocycles. The fraction of sp³-hybridized carbons (Fsp3) is 0.370. The molecule has 0 radical (unpaired) electrons. The number of furan rings is 1. The van der Waals surface area contributed by atoms with E-state index in [1.165, 1.54) is 31.4 Å². The molecule has 1 aromatic carbocycles. The maximum Gasteiger partial charge on any atom is 0.157 e. The molecule has 1 aromatic heterocycles. The number of likely N-dealkylation sites (N-methyl/N-ethyl adjacent to an activating group) is 1. The van der Waals surface area contributed by atoms with Gasteiger partial charge in [-0.15, -0.1) is 0 Å². The van der Waals surface area contributed by atoms with E-state index in [-0.39, 0.29) is 12.0 Å². The molecule has 1 aliphatic heterocycles. The van der Waals surface area contributed by atoms with Gasteiger partial charge in [0, 0.05) is 18.4 Å². The van der Waals surface area contributed by atoms with Crippen LogP contribution in [0.2, 0.25) is 0 Å². The summed E-state index contributed by atoms with van der Waals surface area (Å²) in [5.41, 5.74) is 2.72. The number of benzene rings is 1. The minimum Gasteiger partial charge on any atom is -0.489 e. The van der Waals surface area contributed by atoms with Gasteiger partial charge in [0.15, 0.2) is 6.17 Å². The predicted molar refractivity (Wildman–Crippen MR) is 134 cm³/mol. The number of unbranched alkanes of at least 4 members (excludes halogenated alkanes) is 2. The SMILES string of the molecule is C=C(/C=C(\C)c1ccco1)NC1=NC(COc2ccc(F)cc2)N(C)C(C)=C1.CCCCC. The van der Waals surface area contributed by atoms with Gasteiger partial charge in [0.05, 0.1) is 6.26 Å². The van der Waals surface area contributed by atoms with E-state index < -0.39 is 0 Å². The molecule has 1 aliphatic rings. The van der Waals surface area contributed by atoms with Gasteiger partial charge < -0.3 is 19.4 Å². The Bertz CT molecular complexity index is 958. The Balaban J connectivity index is 0.000000696. The van der Waals surface area contributed by atoms with Gasteiger partial charge >= 0.3 is 0 Å². The number of rotatable bonds is 8. The van der Waals surface area contributed by atoms with Gasteiger partial charge in [0.25, 0.3) is 0 Å². The first-order chi connectivity index (χ1) is 15.8. The molecule has 1 unspecified atom stereocenters. The van der Waals surface area contributed by atoms with Crippen molar-refractivity contribution in [1.29, 1.82) is 0 Å². The third-order valence-electron chi connectivity index (χ3n) is 5.15. The highest BCUT2D eigenvalue weighted by Crippen LogP contribution is 2.18. The molecule has 1 N–H and O–H groups in total. The highest BCUT2D eigenvalue weighted by atomic mass is 19.1. The van der Waals surface area contributed by atoms with Crippen molar-refractivity contribution in [3.05, 3.63) is 84.4 Å². The standard InChI is InChI=1S/C22H24FN3O2.C5H12/c1-15(20-6-5-11-27-20)12-16(2)24-21-13-17(3)26(4)22(25-21)14-28-19-9-7-18(23)8-10-19;1-3-5-4-2/h5-13,22H,2,14H2,1,3-4H3,(H,24,25);3-5H2,1-2H3/b15-12+;. The lowest BCUT2D eigenvalue weighted by atomic mass is 10.2. The molecule has 5 nitrogen and oxygen atoms in total. The largest absolute Gasteiger partial charge is 0.489 e. The molecule has 0 spiro atoms. The van der Waals surface area contributed by atoms with E-state index in [9.17, 15) is 4.39 Å². The lowest BCUT2D eigenvalue weighted by Crippen LogP contribution is -2.40. The van der Waals surface area contributed by atoms with Gasteiger partial charge in [-0.05, 0) is 68.0 Å². The summed E-state index contributed by atoms with van der Waals surface area (Å²) >= 11 is 0. The van der Waals surface area contributed by atoms with Gasteiger partial charge in [0.2, 0.25) is 0 Å². The zero-order chi connectivity index (χ0) is 24.2. The van der Waals surface area contributed by atoms with E-state index in [0.717, 1.165) is 17.0 Å². The quantitative estimate of drug-likeness (QED) is 0.448. The van der Waals surface area contributed by atoms with Crippen LogP contribution in [-0.2, 0) is 0 Å². The Morgan fingerprint density at radius 1 is 1.24 bits per heavy atom. The summed E-state index contributed by atoms with van der Waals surface area (Å²) in [7, 11) is 1.96. The number of halogens is 1. The topological polar surface area (TPSA) is 50.0 Å². The van der Waals surface area contributed by atoms with E-state index in [4.69, 9.17) is 14.1 Å². The summed E-state index contributed by atoms with van der Waals surface area (Å²) in [4.78, 5) is 6.73. The smallest absolute Gasteiger partial charge is 0.157 e. The molecule has 1 atom stereocenters. The number of hydrogen-bond acceptors (Lipinski definition) is 5. The molecule has 33 heavy (non-hydrogen) atoms. The second-order valence-corrected chi connectivity index (χ2v) is 7.96. The third kappa shape index (κ3) is 8.64. The first kappa shape index (κ1) is 26.0. The minimum absolute atomic E-state index is 0.208. The molecule has 0 saturated carbocycles. The van der Waals surface area contributed by atoms with Gasteiger partial charge in [-0.25, -0.2) is 9.38 Å². The first-order valence-corrected chi connectivity index (χ1v) is 11.4. The molecule has 178 valence electrons. The molecule has 0 bridgehead atoms. The van der Waals surface area contributed by atoms with Crippen LogP contribution in [0, 0.1) is 5.82 Å². The van der Waals surface area contributed by atoms with Crippen molar-refractivity contribution >= 4 is 11.4 Å². The van der Waals surface area contributed by atoms with Crippen molar-refractivity contribution in [3.63, 3.8) is 0 Å². The number of amidine groups is 1. The van der Waals surface area contributed by atoms with Crippen molar-refractivity contribution < 1.29 is 13.5 Å². The summed E-state index contributed by atoms with van der Waals surface area (Å²) in [5.74, 6) is 1.82. The fourth-order valence-corrected chi connectivity index (χ4v) is 3.13. The Morgan fingerprint density at radius 2 is 1.94 bits per heavy atom. The Hall–Kier alpha value is -3.28. The first-order valence-electron chi connectivity index (χ1n) is 11.4. The summed E-state index contributed by atoms with van der Waals surface area (Å²) < 4.78 is 24.2. The zero-order valence-corrected chi connectivity index (χ0v) is 20.4. The van der Waals surface area contributed by atoms with E-state index in [0.29, 0.717) is 23.9 Å². The molecular formula is C27H36FN3O2. The molecule has 0 saturated heterocycles. The number of aliphatic imine (C=N–C) groups is 1. The van der Waals surface area contributed by atoms with Gasteiger partial charge in [-0.2, -0.15) is 0 Å². The zero-order valence-electron chi connectivity index (χ0n) is 20.4. The molecule has 2 aromatic rings. The monoisotopic (exact) mass is 453 g/mol. The number of ether oxygens (including phenoxy) is 1. The number of nitrogens with one attached hydrogen (secondary N) is 1. The van der Waals surface area contributed by atoms with Crippen LogP contribution in [0.1, 0.15) is 52.7 Å². The van der Waals surface area contributed by atoms with E-state index in [1.54, 1.807) is 18.4 Å². The number of allylic oxidation sites excluding steroid dienone is 3. The molecule has 0 fully saturated rings. The Labute approximate surface area is 197 Å². The van der Waals surface area contributed by atoms with Crippen molar-refractivity contribution in [2.45, 2.75) is 53.1 Å². The summed E-state index contributed by atoms with van der Waals surface area (Å²) in [6, 6.07) is 9.71. The van der Waals surface area contributed by atoms with Crippen molar-refractivity contribution in [2.24, 2.45) is 4.99 Å². The predicted octanol–water partition coefficient (Wildman–Crippen LogP) is 6.77. The van der Waals surface area contributed by atoms with E-state index in [1.807, 2.05) is 50.1 Å². The van der Waals surface area contributed by atoms with Crippen LogP contribution in [0.5, 0.6) is 5.75 Å². The molecular weight excluding hydrogens is 417 g/mol. The average Bonchev–Trinajstić information content (AvgIpc) is 3.32. The van der Waals surface area contributed by atoms with Crippen molar-refractivity contribution in [1.82, 2.24) is 10.2 Å². The maximum atomic E-state index is 13.0. The number of nitrogens with zero attached hydrogens (tertiary/aromatic N) is 2. The average molecular weight is 454 g/mol. The van der Waals surface area contributed by atoms with E-state index >= 15 is 0 Å². The van der Waals surface area contributed by atoms with Crippen LogP contribution in [0.4, 0.5) is 4.39 Å². The van der Waals surface area contributed by atoms with Gasteiger partial charge in [-0.3, -0.25) is 0 Å². The normalized spacial score (nSPS) is 15.8. The number of hydrogen-bond donors (Lipinski definition) is 1.